The molecule has 0 saturated carbocycles. The van der Waals surface area contributed by atoms with E-state index in [0.29, 0.717) is 6.54 Å². The van der Waals surface area contributed by atoms with Gasteiger partial charge in [-0.2, -0.15) is 5.10 Å². The Balaban J connectivity index is 1.27. The van der Waals surface area contributed by atoms with Crippen molar-refractivity contribution in [2.45, 2.75) is 32.9 Å². The molecule has 8 heteroatoms. The van der Waals surface area contributed by atoms with E-state index in [4.69, 9.17) is 0 Å². The number of hydrogen-bond acceptors (Lipinski definition) is 5. The fraction of sp³-hybridized carbons (Fsp3) is 0.571. The van der Waals surface area contributed by atoms with Crippen molar-refractivity contribution in [1.82, 2.24) is 29.9 Å². The Morgan fingerprint density at radius 1 is 1.17 bits per heavy atom. The summed E-state index contributed by atoms with van der Waals surface area (Å²) in [7, 11) is 0. The normalized spacial score (nSPS) is 21.4. The van der Waals surface area contributed by atoms with Gasteiger partial charge in [-0.25, -0.2) is 9.37 Å². The van der Waals surface area contributed by atoms with Gasteiger partial charge < -0.3 is 4.90 Å². The fourth-order valence-electron chi connectivity index (χ4n) is 4.34. The number of carbonyl (C=O) groups excluding carboxylic acids is 1. The van der Waals surface area contributed by atoms with Crippen LogP contribution in [0.4, 0.5) is 4.39 Å². The van der Waals surface area contributed by atoms with Crippen LogP contribution in [0.15, 0.2) is 24.3 Å². The van der Waals surface area contributed by atoms with Gasteiger partial charge in [-0.15, -0.1) is 0 Å². The molecule has 1 unspecified atom stereocenters. The summed E-state index contributed by atoms with van der Waals surface area (Å²) in [6, 6.07) is 6.75. The Bertz CT molecular complexity index is 832. The maximum Gasteiger partial charge on any atom is 0.227 e. The first-order chi connectivity index (χ1) is 14.1. The molecule has 0 spiro atoms. The summed E-state index contributed by atoms with van der Waals surface area (Å²) in [4.78, 5) is 24.0. The number of amides is 1. The summed E-state index contributed by atoms with van der Waals surface area (Å²) in [5, 5.41) is 7.07. The van der Waals surface area contributed by atoms with Gasteiger partial charge in [0.1, 0.15) is 11.6 Å². The number of aromatic nitrogens is 3. The minimum atomic E-state index is -0.204. The molecule has 2 saturated heterocycles. The van der Waals surface area contributed by atoms with Crippen LogP contribution >= 0.6 is 0 Å². The number of benzene rings is 1. The van der Waals surface area contributed by atoms with E-state index < -0.39 is 0 Å². The van der Waals surface area contributed by atoms with Crippen molar-refractivity contribution in [2.75, 3.05) is 39.3 Å². The quantitative estimate of drug-likeness (QED) is 0.829. The summed E-state index contributed by atoms with van der Waals surface area (Å²) < 4.78 is 13.4. The minimum Gasteiger partial charge on any atom is -0.340 e. The molecule has 2 aliphatic rings. The van der Waals surface area contributed by atoms with Gasteiger partial charge in [0.15, 0.2) is 5.82 Å². The molecule has 1 N–H and O–H groups in total. The van der Waals surface area contributed by atoms with Crippen molar-refractivity contribution < 1.29 is 9.18 Å². The minimum absolute atomic E-state index is 0.0412. The fourth-order valence-corrected chi connectivity index (χ4v) is 4.34. The monoisotopic (exact) mass is 400 g/mol. The first-order valence-electron chi connectivity index (χ1n) is 10.4. The molecule has 1 amide bonds. The average molecular weight is 401 g/mol. The van der Waals surface area contributed by atoms with Crippen molar-refractivity contribution >= 4 is 5.91 Å². The molecule has 2 aromatic rings. The zero-order valence-corrected chi connectivity index (χ0v) is 17.0. The second-order valence-electron chi connectivity index (χ2n) is 8.14. The summed E-state index contributed by atoms with van der Waals surface area (Å²) in [5.74, 6) is 1.74. The number of piperazine rings is 1. The molecule has 156 valence electrons. The van der Waals surface area contributed by atoms with Gasteiger partial charge in [0.2, 0.25) is 5.91 Å². The Morgan fingerprint density at radius 3 is 2.72 bits per heavy atom. The average Bonchev–Trinajstić information content (AvgIpc) is 3.13. The third-order valence-corrected chi connectivity index (χ3v) is 5.84. The number of H-pyrrole nitrogens is 1. The van der Waals surface area contributed by atoms with Gasteiger partial charge >= 0.3 is 0 Å². The molecule has 1 atom stereocenters. The van der Waals surface area contributed by atoms with Crippen LogP contribution < -0.4 is 0 Å². The summed E-state index contributed by atoms with van der Waals surface area (Å²) in [5.41, 5.74) is 0.967. The second kappa shape index (κ2) is 9.00. The van der Waals surface area contributed by atoms with Gasteiger partial charge in [-0.3, -0.25) is 19.7 Å². The molecule has 0 radical (unpaired) electrons. The molecule has 29 heavy (non-hydrogen) atoms. The van der Waals surface area contributed by atoms with Crippen LogP contribution in [0, 0.1) is 18.7 Å². The summed E-state index contributed by atoms with van der Waals surface area (Å²) in [6.45, 7) is 8.23. The highest BCUT2D eigenvalue weighted by Crippen LogP contribution is 2.22. The Hall–Kier alpha value is -2.32. The Morgan fingerprint density at radius 2 is 2.00 bits per heavy atom. The lowest BCUT2D eigenvalue weighted by Gasteiger charge is -2.38. The third-order valence-electron chi connectivity index (χ3n) is 5.84. The highest BCUT2D eigenvalue weighted by Gasteiger charge is 2.31. The number of hydrogen-bond donors (Lipinski definition) is 1. The van der Waals surface area contributed by atoms with Crippen molar-refractivity contribution in [2.24, 2.45) is 5.92 Å². The van der Waals surface area contributed by atoms with Crippen molar-refractivity contribution in [3.05, 3.63) is 47.3 Å². The van der Waals surface area contributed by atoms with Crippen LogP contribution in [-0.4, -0.2) is 75.1 Å². The number of nitrogens with one attached hydrogen (secondary N) is 1. The lowest BCUT2D eigenvalue weighted by molar-refractivity contribution is -0.139. The van der Waals surface area contributed by atoms with Crippen LogP contribution in [0.3, 0.4) is 0 Å². The SMILES string of the molecule is Cc1nc(CN2CCN(C(=O)C3CCCN(Cc4cccc(F)c4)C3)CC2)n[nH]1. The summed E-state index contributed by atoms with van der Waals surface area (Å²) in [6.07, 6.45) is 1.95. The molecule has 2 fully saturated rings. The molecule has 0 bridgehead atoms. The second-order valence-corrected chi connectivity index (χ2v) is 8.14. The Kier molecular flexibility index (Phi) is 6.20. The topological polar surface area (TPSA) is 68.4 Å². The van der Waals surface area contributed by atoms with Crippen LogP contribution in [0.1, 0.15) is 30.1 Å². The van der Waals surface area contributed by atoms with Gasteiger partial charge in [0.25, 0.3) is 0 Å². The van der Waals surface area contributed by atoms with E-state index in [9.17, 15) is 9.18 Å². The summed E-state index contributed by atoms with van der Waals surface area (Å²) >= 11 is 0. The van der Waals surface area contributed by atoms with Gasteiger partial charge in [-0.1, -0.05) is 12.1 Å². The molecule has 2 aliphatic heterocycles. The van der Waals surface area contributed by atoms with Crippen LogP contribution in [0.5, 0.6) is 0 Å². The first-order valence-corrected chi connectivity index (χ1v) is 10.4. The number of aryl methyl sites for hydroxylation is 1. The molecule has 3 heterocycles. The number of piperidine rings is 1. The van der Waals surface area contributed by atoms with Crippen molar-refractivity contribution in [1.29, 1.82) is 0 Å². The van der Waals surface area contributed by atoms with Gasteiger partial charge in [-0.05, 0) is 44.0 Å². The zero-order valence-electron chi connectivity index (χ0n) is 17.0. The number of nitrogens with zero attached hydrogens (tertiary/aromatic N) is 5. The van der Waals surface area contributed by atoms with E-state index in [1.807, 2.05) is 17.9 Å². The maximum atomic E-state index is 13.4. The van der Waals surface area contributed by atoms with E-state index in [-0.39, 0.29) is 17.6 Å². The standard InChI is InChI=1S/C21H29FN6O/c1-16-23-20(25-24-16)15-26-8-10-28(11-9-26)21(29)18-5-3-7-27(14-18)13-17-4-2-6-19(22)12-17/h2,4,6,12,18H,3,5,7-11,13-15H2,1H3,(H,23,24,25). The highest BCUT2D eigenvalue weighted by molar-refractivity contribution is 5.79. The smallest absolute Gasteiger partial charge is 0.227 e. The highest BCUT2D eigenvalue weighted by atomic mass is 19.1. The Labute approximate surface area is 170 Å². The number of carbonyl (C=O) groups is 1. The predicted octanol–water partition coefficient (Wildman–Crippen LogP) is 1.81. The first kappa shape index (κ1) is 20.0. The van der Waals surface area contributed by atoms with Crippen LogP contribution in [-0.2, 0) is 17.9 Å². The largest absolute Gasteiger partial charge is 0.340 e. The number of rotatable bonds is 5. The molecule has 1 aromatic carbocycles. The lowest BCUT2D eigenvalue weighted by Crippen LogP contribution is -2.52. The molecular formula is C21H29FN6O. The van der Waals surface area contributed by atoms with E-state index in [2.05, 4.69) is 25.0 Å². The van der Waals surface area contributed by atoms with E-state index in [0.717, 1.165) is 75.9 Å². The lowest BCUT2D eigenvalue weighted by atomic mass is 9.95. The molecule has 1 aromatic heterocycles. The molecular weight excluding hydrogens is 371 g/mol. The predicted molar refractivity (Wildman–Crippen MR) is 107 cm³/mol. The number of aromatic amines is 1. The van der Waals surface area contributed by atoms with Crippen LogP contribution in [0.2, 0.25) is 0 Å². The van der Waals surface area contributed by atoms with E-state index >= 15 is 0 Å². The number of halogens is 1. The molecule has 4 rings (SSSR count). The van der Waals surface area contributed by atoms with E-state index in [1.165, 1.54) is 6.07 Å². The van der Waals surface area contributed by atoms with Crippen LogP contribution in [0.25, 0.3) is 0 Å². The van der Waals surface area contributed by atoms with Crippen molar-refractivity contribution in [3.63, 3.8) is 0 Å². The third kappa shape index (κ3) is 5.19. The number of likely N-dealkylation sites (tertiary alicyclic amines) is 1. The molecule has 7 nitrogen and oxygen atoms in total. The van der Waals surface area contributed by atoms with Gasteiger partial charge in [0, 0.05) is 39.3 Å². The van der Waals surface area contributed by atoms with Crippen molar-refractivity contribution in [3.8, 4) is 0 Å². The maximum absolute atomic E-state index is 13.4. The molecule has 0 aliphatic carbocycles. The van der Waals surface area contributed by atoms with Gasteiger partial charge in [0.05, 0.1) is 12.5 Å². The van der Waals surface area contributed by atoms with E-state index in [1.54, 1.807) is 12.1 Å². The zero-order chi connectivity index (χ0) is 20.2.